The summed E-state index contributed by atoms with van der Waals surface area (Å²) in [6.45, 7) is 5.16. The third kappa shape index (κ3) is 6.04. The molecule has 3 rings (SSSR count). The van der Waals surface area contributed by atoms with Crippen LogP contribution in [0.15, 0.2) is 24.3 Å². The van der Waals surface area contributed by atoms with Crippen LogP contribution in [0.4, 0.5) is 21.8 Å². The molecule has 1 aromatic heterocycles. The van der Waals surface area contributed by atoms with Gasteiger partial charge in [-0.3, -0.25) is 4.79 Å². The van der Waals surface area contributed by atoms with Gasteiger partial charge in [-0.2, -0.15) is 10.2 Å². The zero-order valence-corrected chi connectivity index (χ0v) is 17.9. The molecule has 9 heteroatoms. The topological polar surface area (TPSA) is 93.9 Å². The Hall–Kier alpha value is -2.92. The Balaban J connectivity index is 0.00000320. The highest BCUT2D eigenvalue weighted by Crippen LogP contribution is 2.23. The summed E-state index contributed by atoms with van der Waals surface area (Å²) in [7, 11) is 0. The molecule has 160 valence electrons. The van der Waals surface area contributed by atoms with Gasteiger partial charge < -0.3 is 15.5 Å². The molecule has 0 radical (unpaired) electrons. The Bertz CT molecular complexity index is 932. The first kappa shape index (κ1) is 23.4. The number of halogens is 2. The predicted octanol–water partition coefficient (Wildman–Crippen LogP) is 3.71. The molecule has 1 saturated heterocycles. The second-order valence-corrected chi connectivity index (χ2v) is 7.21. The molecule has 1 amide bonds. The minimum Gasteiger partial charge on any atom is -0.354 e. The van der Waals surface area contributed by atoms with Gasteiger partial charge in [-0.15, -0.1) is 12.4 Å². The van der Waals surface area contributed by atoms with Crippen molar-refractivity contribution in [2.45, 2.75) is 45.6 Å². The summed E-state index contributed by atoms with van der Waals surface area (Å²) in [5.41, 5.74) is 1.43. The van der Waals surface area contributed by atoms with E-state index in [0.29, 0.717) is 18.2 Å². The largest absolute Gasteiger partial charge is 0.354 e. The number of rotatable bonds is 6. The number of carbonyl (C=O) groups excluding carboxylic acids is 1. The number of benzene rings is 1. The fourth-order valence-corrected chi connectivity index (χ4v) is 3.49. The second-order valence-electron chi connectivity index (χ2n) is 7.21. The van der Waals surface area contributed by atoms with E-state index in [0.717, 1.165) is 43.7 Å². The van der Waals surface area contributed by atoms with Crippen LogP contribution in [0.2, 0.25) is 0 Å². The lowest BCUT2D eigenvalue weighted by Gasteiger charge is -2.34. The molecule has 2 N–H and O–H groups in total. The molecule has 1 fully saturated rings. The van der Waals surface area contributed by atoms with E-state index in [9.17, 15) is 9.18 Å². The Morgan fingerprint density at radius 2 is 2.17 bits per heavy atom. The normalized spacial score (nSPS) is 15.7. The van der Waals surface area contributed by atoms with Crippen molar-refractivity contribution in [2.75, 3.05) is 23.3 Å². The molecule has 0 saturated carbocycles. The van der Waals surface area contributed by atoms with Crippen LogP contribution in [0.25, 0.3) is 0 Å². The minimum absolute atomic E-state index is 0. The molecule has 1 aliphatic heterocycles. The Morgan fingerprint density at radius 3 is 2.87 bits per heavy atom. The number of hydrogen-bond acceptors (Lipinski definition) is 6. The molecule has 1 atom stereocenters. The quantitative estimate of drug-likeness (QED) is 0.722. The van der Waals surface area contributed by atoms with Crippen LogP contribution >= 0.6 is 12.4 Å². The number of nitriles is 1. The van der Waals surface area contributed by atoms with E-state index < -0.39 is 5.82 Å². The Labute approximate surface area is 182 Å². The zero-order chi connectivity index (χ0) is 20.8. The second kappa shape index (κ2) is 10.7. The van der Waals surface area contributed by atoms with Crippen LogP contribution in [0.1, 0.15) is 44.4 Å². The first-order valence-electron chi connectivity index (χ1n) is 9.85. The van der Waals surface area contributed by atoms with Crippen molar-refractivity contribution >= 4 is 35.8 Å². The number of carbonyl (C=O) groups is 1. The lowest BCUT2D eigenvalue weighted by atomic mass is 10.1. The number of aromatic nitrogens is 2. The predicted molar refractivity (Wildman–Crippen MR) is 117 cm³/mol. The number of aryl methyl sites for hydroxylation is 1. The van der Waals surface area contributed by atoms with Gasteiger partial charge in [0.05, 0.1) is 5.56 Å². The van der Waals surface area contributed by atoms with Crippen molar-refractivity contribution < 1.29 is 9.18 Å². The van der Waals surface area contributed by atoms with Gasteiger partial charge in [-0.05, 0) is 37.5 Å². The van der Waals surface area contributed by atoms with Gasteiger partial charge in [0.1, 0.15) is 17.7 Å². The smallest absolute Gasteiger partial charge is 0.229 e. The van der Waals surface area contributed by atoms with E-state index in [1.807, 2.05) is 12.1 Å². The summed E-state index contributed by atoms with van der Waals surface area (Å²) in [6.07, 6.45) is 3.66. The molecule has 1 aliphatic rings. The van der Waals surface area contributed by atoms with Crippen molar-refractivity contribution in [1.29, 1.82) is 5.26 Å². The maximum absolute atomic E-state index is 13.6. The zero-order valence-electron chi connectivity index (χ0n) is 17.1. The molecule has 2 aromatic rings. The van der Waals surface area contributed by atoms with Crippen molar-refractivity contribution in [2.24, 2.45) is 0 Å². The molecule has 1 aromatic carbocycles. The average molecular weight is 433 g/mol. The fraction of sp³-hybridized carbons (Fsp3) is 0.429. The monoisotopic (exact) mass is 432 g/mol. The maximum atomic E-state index is 13.6. The third-order valence-electron chi connectivity index (χ3n) is 4.77. The summed E-state index contributed by atoms with van der Waals surface area (Å²) in [5.74, 6) is 0.613. The van der Waals surface area contributed by atoms with Crippen LogP contribution in [-0.4, -0.2) is 35.0 Å². The lowest BCUT2D eigenvalue weighted by Crippen LogP contribution is -2.47. The van der Waals surface area contributed by atoms with Gasteiger partial charge in [0.25, 0.3) is 0 Å². The van der Waals surface area contributed by atoms with E-state index in [1.165, 1.54) is 19.1 Å². The maximum Gasteiger partial charge on any atom is 0.229 e. The molecule has 0 unspecified atom stereocenters. The highest BCUT2D eigenvalue weighted by Gasteiger charge is 2.22. The van der Waals surface area contributed by atoms with Gasteiger partial charge in [0.15, 0.2) is 0 Å². The van der Waals surface area contributed by atoms with Gasteiger partial charge in [0, 0.05) is 43.5 Å². The number of hydrogen-bond donors (Lipinski definition) is 2. The first-order valence-corrected chi connectivity index (χ1v) is 9.85. The summed E-state index contributed by atoms with van der Waals surface area (Å²) in [4.78, 5) is 22.8. The van der Waals surface area contributed by atoms with Crippen LogP contribution in [-0.2, 0) is 11.2 Å². The Kier molecular flexibility index (Phi) is 8.36. The van der Waals surface area contributed by atoms with Crippen LogP contribution in [0.3, 0.4) is 0 Å². The summed E-state index contributed by atoms with van der Waals surface area (Å²) < 4.78 is 13.6. The molecular weight excluding hydrogens is 407 g/mol. The molecular formula is C21H26ClFN6O. The van der Waals surface area contributed by atoms with E-state index in [-0.39, 0.29) is 29.9 Å². The summed E-state index contributed by atoms with van der Waals surface area (Å²) in [5, 5.41) is 15.1. The van der Waals surface area contributed by atoms with Crippen LogP contribution in [0.5, 0.6) is 0 Å². The molecule has 30 heavy (non-hydrogen) atoms. The van der Waals surface area contributed by atoms with E-state index >= 15 is 0 Å². The van der Waals surface area contributed by atoms with Gasteiger partial charge in [-0.1, -0.05) is 13.3 Å². The van der Waals surface area contributed by atoms with Crippen LogP contribution < -0.4 is 15.5 Å². The molecule has 0 aliphatic carbocycles. The molecule has 0 bridgehead atoms. The molecule has 0 spiro atoms. The number of amides is 1. The number of anilines is 3. The van der Waals surface area contributed by atoms with Gasteiger partial charge in [0.2, 0.25) is 11.9 Å². The number of nitrogens with one attached hydrogen (secondary N) is 2. The number of nitrogens with zero attached hydrogens (tertiary/aromatic N) is 4. The third-order valence-corrected chi connectivity index (χ3v) is 4.77. The Morgan fingerprint density at radius 1 is 1.37 bits per heavy atom. The van der Waals surface area contributed by atoms with E-state index in [2.05, 4.69) is 32.4 Å². The van der Waals surface area contributed by atoms with Crippen molar-refractivity contribution in [3.05, 3.63) is 41.3 Å². The van der Waals surface area contributed by atoms with E-state index in [4.69, 9.17) is 5.26 Å². The fourth-order valence-electron chi connectivity index (χ4n) is 3.49. The van der Waals surface area contributed by atoms with Gasteiger partial charge in [-0.25, -0.2) is 9.37 Å². The molecule has 7 nitrogen and oxygen atoms in total. The minimum atomic E-state index is -0.559. The van der Waals surface area contributed by atoms with E-state index in [1.54, 1.807) is 6.07 Å². The van der Waals surface area contributed by atoms with Crippen molar-refractivity contribution in [3.8, 4) is 6.07 Å². The van der Waals surface area contributed by atoms with Crippen LogP contribution in [0, 0.1) is 17.1 Å². The lowest BCUT2D eigenvalue weighted by molar-refractivity contribution is -0.119. The standard InChI is InChI=1S/C21H25FN6O.ClH/c1-3-5-16-11-20(28-9-4-6-18(13-28)24-14(2)29)27-21(25-16)26-17-7-8-19(22)15(10-17)12-23;/h7-8,10-11,18H,3-6,9,13H2,1-2H3,(H,24,29)(H,25,26,27);1H/t18-;/m1./s1. The SMILES string of the molecule is CCCc1cc(N2CCC[C@@H](NC(C)=O)C2)nc(Nc2ccc(F)c(C#N)c2)n1.Cl. The van der Waals surface area contributed by atoms with Crippen molar-refractivity contribution in [3.63, 3.8) is 0 Å². The summed E-state index contributed by atoms with van der Waals surface area (Å²) in [6, 6.07) is 8.16. The average Bonchev–Trinajstić information content (AvgIpc) is 2.69. The summed E-state index contributed by atoms with van der Waals surface area (Å²) >= 11 is 0. The van der Waals surface area contributed by atoms with Gasteiger partial charge >= 0.3 is 0 Å². The molecule has 2 heterocycles. The highest BCUT2D eigenvalue weighted by molar-refractivity contribution is 5.85. The van der Waals surface area contributed by atoms with Crippen molar-refractivity contribution in [1.82, 2.24) is 15.3 Å². The number of piperidine rings is 1. The highest BCUT2D eigenvalue weighted by atomic mass is 35.5. The first-order chi connectivity index (χ1) is 14.0.